The highest BCUT2D eigenvalue weighted by molar-refractivity contribution is 9.10. The number of sulfone groups is 1. The van der Waals surface area contributed by atoms with E-state index in [-0.39, 0.29) is 10.5 Å². The van der Waals surface area contributed by atoms with Gasteiger partial charge in [0.25, 0.3) is 0 Å². The molecule has 0 heterocycles. The number of carboxylic acid groups (broad SMARTS) is 1. The van der Waals surface area contributed by atoms with Gasteiger partial charge in [0, 0.05) is 4.47 Å². The SMILES string of the molecule is CCC1CCCC(S(=O)(=O)c2cc(C(=O)O)ccc2Br)C1. The number of hydrogen-bond acceptors (Lipinski definition) is 3. The van der Waals surface area contributed by atoms with Crippen LogP contribution in [0.25, 0.3) is 0 Å². The molecule has 2 atom stereocenters. The molecule has 2 unspecified atom stereocenters. The van der Waals surface area contributed by atoms with Gasteiger partial charge in [-0.15, -0.1) is 0 Å². The Morgan fingerprint density at radius 2 is 2.10 bits per heavy atom. The predicted octanol–water partition coefficient (Wildman–Crippen LogP) is 3.89. The van der Waals surface area contributed by atoms with Crippen LogP contribution >= 0.6 is 15.9 Å². The molecule has 21 heavy (non-hydrogen) atoms. The van der Waals surface area contributed by atoms with Crippen LogP contribution in [0.3, 0.4) is 0 Å². The van der Waals surface area contributed by atoms with Crippen molar-refractivity contribution in [1.82, 2.24) is 0 Å². The van der Waals surface area contributed by atoms with Gasteiger partial charge in [-0.1, -0.05) is 26.2 Å². The van der Waals surface area contributed by atoms with Crippen molar-refractivity contribution in [2.45, 2.75) is 49.2 Å². The van der Waals surface area contributed by atoms with E-state index in [1.807, 2.05) is 0 Å². The van der Waals surface area contributed by atoms with Gasteiger partial charge >= 0.3 is 5.97 Å². The Bertz CT molecular complexity index is 639. The largest absolute Gasteiger partial charge is 0.478 e. The highest BCUT2D eigenvalue weighted by Gasteiger charge is 2.33. The lowest BCUT2D eigenvalue weighted by Gasteiger charge is -2.28. The van der Waals surface area contributed by atoms with Gasteiger partial charge in [-0.3, -0.25) is 0 Å². The van der Waals surface area contributed by atoms with Crippen molar-refractivity contribution in [3.63, 3.8) is 0 Å². The van der Waals surface area contributed by atoms with Gasteiger partial charge in [0.05, 0.1) is 15.7 Å². The summed E-state index contributed by atoms with van der Waals surface area (Å²) in [5.74, 6) is -0.672. The van der Waals surface area contributed by atoms with Gasteiger partial charge in [0.1, 0.15) is 0 Å². The zero-order valence-electron chi connectivity index (χ0n) is 11.9. The molecule has 1 aromatic carbocycles. The Morgan fingerprint density at radius 3 is 2.71 bits per heavy atom. The van der Waals surface area contributed by atoms with Crippen LogP contribution in [-0.2, 0) is 9.84 Å². The molecule has 1 saturated carbocycles. The van der Waals surface area contributed by atoms with E-state index in [1.54, 1.807) is 0 Å². The molecule has 116 valence electrons. The fourth-order valence-electron chi connectivity index (χ4n) is 2.93. The van der Waals surface area contributed by atoms with Crippen LogP contribution in [0.5, 0.6) is 0 Å². The lowest BCUT2D eigenvalue weighted by molar-refractivity contribution is 0.0696. The third-order valence-corrected chi connectivity index (χ3v) is 7.45. The lowest BCUT2D eigenvalue weighted by Crippen LogP contribution is -2.28. The Balaban J connectivity index is 2.39. The van der Waals surface area contributed by atoms with Gasteiger partial charge in [-0.05, 0) is 52.9 Å². The summed E-state index contributed by atoms with van der Waals surface area (Å²) in [6.07, 6.45) is 4.31. The van der Waals surface area contributed by atoms with Crippen molar-refractivity contribution in [1.29, 1.82) is 0 Å². The zero-order chi connectivity index (χ0) is 15.6. The summed E-state index contributed by atoms with van der Waals surface area (Å²) in [7, 11) is -3.50. The molecule has 6 heteroatoms. The summed E-state index contributed by atoms with van der Waals surface area (Å²) in [6.45, 7) is 2.08. The number of rotatable bonds is 4. The van der Waals surface area contributed by atoms with Crippen LogP contribution in [0.1, 0.15) is 49.4 Å². The number of carboxylic acids is 1. The number of hydrogen-bond donors (Lipinski definition) is 1. The summed E-state index contributed by atoms with van der Waals surface area (Å²) in [6, 6.07) is 4.16. The maximum absolute atomic E-state index is 12.8. The second-order valence-corrected chi connectivity index (χ2v) is 8.61. The average Bonchev–Trinajstić information content (AvgIpc) is 2.47. The lowest BCUT2D eigenvalue weighted by atomic mass is 9.87. The van der Waals surface area contributed by atoms with E-state index in [1.165, 1.54) is 18.2 Å². The molecule has 1 fully saturated rings. The monoisotopic (exact) mass is 374 g/mol. The Hall–Kier alpha value is -0.880. The Morgan fingerprint density at radius 1 is 1.38 bits per heavy atom. The van der Waals surface area contributed by atoms with Crippen molar-refractivity contribution < 1.29 is 18.3 Å². The highest BCUT2D eigenvalue weighted by atomic mass is 79.9. The predicted molar refractivity (Wildman–Crippen MR) is 84.3 cm³/mol. The molecule has 1 aliphatic rings. The average molecular weight is 375 g/mol. The first-order valence-electron chi connectivity index (χ1n) is 7.13. The van der Waals surface area contributed by atoms with Gasteiger partial charge in [-0.25, -0.2) is 13.2 Å². The van der Waals surface area contributed by atoms with Gasteiger partial charge < -0.3 is 5.11 Å². The molecule has 0 bridgehead atoms. The smallest absolute Gasteiger partial charge is 0.335 e. The standard InChI is InChI=1S/C15H19BrO4S/c1-2-10-4-3-5-12(8-10)21(19,20)14-9-11(15(17)18)6-7-13(14)16/h6-7,9-10,12H,2-5,8H2,1H3,(H,17,18). The van der Waals surface area contributed by atoms with Crippen molar-refractivity contribution >= 4 is 31.7 Å². The number of benzene rings is 1. The minimum Gasteiger partial charge on any atom is -0.478 e. The Labute approximate surface area is 133 Å². The Kier molecular flexibility index (Phi) is 5.09. The first kappa shape index (κ1) is 16.5. The molecule has 0 spiro atoms. The van der Waals surface area contributed by atoms with E-state index in [2.05, 4.69) is 22.9 Å². The second kappa shape index (κ2) is 6.48. The van der Waals surface area contributed by atoms with Crippen LogP contribution in [-0.4, -0.2) is 24.7 Å². The number of aromatic carboxylic acids is 1. The third kappa shape index (κ3) is 3.48. The quantitative estimate of drug-likeness (QED) is 0.867. The minimum absolute atomic E-state index is 0.000346. The zero-order valence-corrected chi connectivity index (χ0v) is 14.3. The fraction of sp³-hybridized carbons (Fsp3) is 0.533. The molecular formula is C15H19BrO4S. The van der Waals surface area contributed by atoms with Gasteiger partial charge in [-0.2, -0.15) is 0 Å². The van der Waals surface area contributed by atoms with E-state index in [0.29, 0.717) is 23.2 Å². The van der Waals surface area contributed by atoms with Crippen LogP contribution in [0.4, 0.5) is 0 Å². The third-order valence-electron chi connectivity index (χ3n) is 4.24. The molecule has 4 nitrogen and oxygen atoms in total. The maximum Gasteiger partial charge on any atom is 0.335 e. The van der Waals surface area contributed by atoms with Gasteiger partial charge in [0.2, 0.25) is 0 Å². The molecule has 0 aliphatic heterocycles. The van der Waals surface area contributed by atoms with Crippen LogP contribution in [0.2, 0.25) is 0 Å². The van der Waals surface area contributed by atoms with Crippen molar-refractivity contribution in [2.75, 3.05) is 0 Å². The van der Waals surface area contributed by atoms with E-state index < -0.39 is 21.1 Å². The number of carbonyl (C=O) groups is 1. The maximum atomic E-state index is 12.8. The van der Waals surface area contributed by atoms with Crippen molar-refractivity contribution in [3.05, 3.63) is 28.2 Å². The first-order chi connectivity index (χ1) is 9.86. The van der Waals surface area contributed by atoms with E-state index >= 15 is 0 Å². The van der Waals surface area contributed by atoms with Gasteiger partial charge in [0.15, 0.2) is 9.84 Å². The second-order valence-electron chi connectivity index (χ2n) is 5.56. The molecule has 0 radical (unpaired) electrons. The molecular weight excluding hydrogens is 356 g/mol. The summed E-state index contributed by atoms with van der Waals surface area (Å²) >= 11 is 3.24. The topological polar surface area (TPSA) is 71.4 Å². The molecule has 1 N–H and O–H groups in total. The molecule has 2 rings (SSSR count). The normalized spacial score (nSPS) is 23.0. The molecule has 0 saturated heterocycles. The fourth-order valence-corrected chi connectivity index (χ4v) is 5.84. The molecule has 0 amide bonds. The van der Waals surface area contributed by atoms with E-state index in [4.69, 9.17) is 5.11 Å². The number of halogens is 1. The highest BCUT2D eigenvalue weighted by Crippen LogP contribution is 2.36. The summed E-state index contributed by atoms with van der Waals surface area (Å²) in [4.78, 5) is 11.2. The summed E-state index contributed by atoms with van der Waals surface area (Å²) in [5, 5.41) is 8.64. The molecule has 1 aliphatic carbocycles. The van der Waals surface area contributed by atoms with Crippen LogP contribution < -0.4 is 0 Å². The van der Waals surface area contributed by atoms with E-state index in [9.17, 15) is 13.2 Å². The van der Waals surface area contributed by atoms with Crippen LogP contribution in [0, 0.1) is 5.92 Å². The van der Waals surface area contributed by atoms with E-state index in [0.717, 1.165) is 19.3 Å². The molecule has 1 aromatic rings. The van der Waals surface area contributed by atoms with Crippen molar-refractivity contribution in [3.8, 4) is 0 Å². The summed E-state index contributed by atoms with van der Waals surface area (Å²) in [5.41, 5.74) is -0.000346. The van der Waals surface area contributed by atoms with Crippen molar-refractivity contribution in [2.24, 2.45) is 5.92 Å². The summed E-state index contributed by atoms with van der Waals surface area (Å²) < 4.78 is 26.1. The first-order valence-corrected chi connectivity index (χ1v) is 9.47. The van der Waals surface area contributed by atoms with Crippen LogP contribution in [0.15, 0.2) is 27.6 Å². The minimum atomic E-state index is -3.50. The molecule has 0 aromatic heterocycles.